The second kappa shape index (κ2) is 28.3. The molecule has 1 N–H and O–H groups in total. The number of nitrogens with zero attached hydrogens (tertiary/aromatic N) is 1. The van der Waals surface area contributed by atoms with Crippen molar-refractivity contribution < 1.29 is 4.57 Å². The lowest BCUT2D eigenvalue weighted by molar-refractivity contribution is -0.727. The Labute approximate surface area is 253 Å². The topological polar surface area (TPSA) is 19.7 Å². The Hall–Kier alpha value is -0.790. The van der Waals surface area contributed by atoms with Crippen LogP contribution in [0.1, 0.15) is 232 Å². The fourth-order valence-corrected chi connectivity index (χ4v) is 6.67. The number of H-pyrrole nitrogens is 1. The average molecular weight is 560 g/mol. The van der Waals surface area contributed by atoms with E-state index in [4.69, 9.17) is 0 Å². The molecule has 1 aromatic heterocycles. The SMILES string of the molecule is CCCCCCCCCCCCCCCCCC(C)[n+]1cc[nH]c1C(CCC)CCCCCCCCCCCC. The maximum absolute atomic E-state index is 3.67. The highest BCUT2D eigenvalue weighted by Crippen LogP contribution is 2.26. The molecule has 0 aliphatic rings. The number of hydrogen-bond acceptors (Lipinski definition) is 0. The van der Waals surface area contributed by atoms with Gasteiger partial charge in [0.05, 0.1) is 12.0 Å². The monoisotopic (exact) mass is 560 g/mol. The van der Waals surface area contributed by atoms with Gasteiger partial charge in [0.15, 0.2) is 0 Å². The Morgan fingerprint density at radius 3 is 1.25 bits per heavy atom. The predicted molar refractivity (Wildman–Crippen MR) is 179 cm³/mol. The zero-order valence-corrected chi connectivity index (χ0v) is 28.3. The molecule has 0 aliphatic carbocycles. The normalized spacial score (nSPS) is 13.2. The molecule has 0 fully saturated rings. The van der Waals surface area contributed by atoms with Crippen molar-refractivity contribution in [1.29, 1.82) is 0 Å². The van der Waals surface area contributed by atoms with Crippen molar-refractivity contribution >= 4 is 0 Å². The van der Waals surface area contributed by atoms with Crippen molar-refractivity contribution in [2.24, 2.45) is 0 Å². The van der Waals surface area contributed by atoms with E-state index in [0.29, 0.717) is 12.0 Å². The second-order valence-electron chi connectivity index (χ2n) is 13.3. The minimum atomic E-state index is 0.621. The second-order valence-corrected chi connectivity index (χ2v) is 13.3. The van der Waals surface area contributed by atoms with Gasteiger partial charge in [-0.1, -0.05) is 181 Å². The Morgan fingerprint density at radius 1 is 0.475 bits per heavy atom. The first kappa shape index (κ1) is 37.2. The van der Waals surface area contributed by atoms with Crippen LogP contribution in [0.15, 0.2) is 12.4 Å². The fraction of sp³-hybridized carbons (Fsp3) is 0.921. The molecule has 0 aromatic carbocycles. The lowest BCUT2D eigenvalue weighted by atomic mass is 9.94. The maximum atomic E-state index is 3.67. The van der Waals surface area contributed by atoms with Gasteiger partial charge in [-0.05, 0) is 32.6 Å². The average Bonchev–Trinajstić information content (AvgIpc) is 3.45. The zero-order chi connectivity index (χ0) is 28.9. The first-order valence-corrected chi connectivity index (χ1v) is 18.8. The Balaban J connectivity index is 2.12. The molecule has 0 aliphatic heterocycles. The summed E-state index contributed by atoms with van der Waals surface area (Å²) in [6.45, 7) is 9.42. The van der Waals surface area contributed by atoms with Gasteiger partial charge in [0, 0.05) is 0 Å². The highest BCUT2D eigenvalue weighted by molar-refractivity contribution is 4.90. The van der Waals surface area contributed by atoms with Crippen LogP contribution in [0.3, 0.4) is 0 Å². The van der Waals surface area contributed by atoms with E-state index in [1.807, 2.05) is 0 Å². The summed E-state index contributed by atoms with van der Waals surface area (Å²) in [5, 5.41) is 0. The van der Waals surface area contributed by atoms with E-state index in [2.05, 4.69) is 49.6 Å². The third-order valence-electron chi connectivity index (χ3n) is 9.37. The van der Waals surface area contributed by atoms with E-state index in [1.165, 1.54) is 192 Å². The number of aromatic amines is 1. The number of unbranched alkanes of at least 4 members (excludes halogenated alkanes) is 23. The molecule has 0 spiro atoms. The van der Waals surface area contributed by atoms with Crippen molar-refractivity contribution in [3.8, 4) is 0 Å². The maximum Gasteiger partial charge on any atom is 0.257 e. The number of nitrogens with one attached hydrogen (secondary N) is 1. The third-order valence-corrected chi connectivity index (χ3v) is 9.37. The molecular formula is C38H75N2+. The summed E-state index contributed by atoms with van der Waals surface area (Å²) in [4.78, 5) is 3.67. The quantitative estimate of drug-likeness (QED) is 0.0689. The summed E-state index contributed by atoms with van der Waals surface area (Å²) < 4.78 is 2.60. The summed E-state index contributed by atoms with van der Waals surface area (Å²) in [6, 6.07) is 0.621. The molecule has 0 saturated carbocycles. The van der Waals surface area contributed by atoms with Crippen molar-refractivity contribution in [1.82, 2.24) is 4.98 Å². The molecule has 0 saturated heterocycles. The van der Waals surface area contributed by atoms with Gasteiger partial charge in [-0.2, -0.15) is 0 Å². The third kappa shape index (κ3) is 20.1. The van der Waals surface area contributed by atoms with Gasteiger partial charge in [-0.25, -0.2) is 9.55 Å². The van der Waals surface area contributed by atoms with Gasteiger partial charge in [0.2, 0.25) is 0 Å². The molecule has 236 valence electrons. The number of hydrogen-bond donors (Lipinski definition) is 1. The largest absolute Gasteiger partial charge is 0.257 e. The van der Waals surface area contributed by atoms with Crippen LogP contribution < -0.4 is 4.57 Å². The van der Waals surface area contributed by atoms with Crippen LogP contribution in [0.4, 0.5) is 0 Å². The molecule has 0 radical (unpaired) electrons. The van der Waals surface area contributed by atoms with Crippen molar-refractivity contribution in [2.45, 2.75) is 226 Å². The van der Waals surface area contributed by atoms with Gasteiger partial charge in [0.1, 0.15) is 12.4 Å². The number of rotatable bonds is 31. The van der Waals surface area contributed by atoms with Gasteiger partial charge in [-0.3, -0.25) is 0 Å². The van der Waals surface area contributed by atoms with Crippen LogP contribution in [-0.2, 0) is 0 Å². The first-order chi connectivity index (χ1) is 19.7. The smallest absolute Gasteiger partial charge is 0.247 e. The Morgan fingerprint density at radius 2 is 0.850 bits per heavy atom. The standard InChI is InChI=1S/C38H74N2/c1-5-8-10-12-14-16-18-19-20-21-22-23-25-27-29-32-36(4)40-35-34-39-38(40)37(31-7-3)33-30-28-26-24-17-15-13-11-9-6-2/h34-37H,5-33H2,1-4H3/p+1. The lowest BCUT2D eigenvalue weighted by Crippen LogP contribution is -2.41. The molecule has 1 aromatic rings. The molecule has 2 nitrogen and oxygen atoms in total. The van der Waals surface area contributed by atoms with Gasteiger partial charge in [0.25, 0.3) is 5.82 Å². The Kier molecular flexibility index (Phi) is 26.4. The minimum absolute atomic E-state index is 0.621. The van der Waals surface area contributed by atoms with E-state index in [1.54, 1.807) is 0 Å². The van der Waals surface area contributed by atoms with E-state index in [0.717, 1.165) is 0 Å². The summed E-state index contributed by atoms with van der Waals surface area (Å²) in [7, 11) is 0. The first-order valence-electron chi connectivity index (χ1n) is 18.8. The molecule has 40 heavy (non-hydrogen) atoms. The summed E-state index contributed by atoms with van der Waals surface area (Å²) >= 11 is 0. The van der Waals surface area contributed by atoms with Crippen LogP contribution >= 0.6 is 0 Å². The van der Waals surface area contributed by atoms with Crippen LogP contribution in [0.2, 0.25) is 0 Å². The van der Waals surface area contributed by atoms with Crippen LogP contribution in [0.5, 0.6) is 0 Å². The van der Waals surface area contributed by atoms with Gasteiger partial charge in [-0.15, -0.1) is 0 Å². The lowest BCUT2D eigenvalue weighted by Gasteiger charge is -2.16. The molecular weight excluding hydrogens is 484 g/mol. The van der Waals surface area contributed by atoms with Crippen molar-refractivity contribution in [3.63, 3.8) is 0 Å². The Bertz CT molecular complexity index is 621. The van der Waals surface area contributed by atoms with E-state index >= 15 is 0 Å². The van der Waals surface area contributed by atoms with Crippen LogP contribution in [0.25, 0.3) is 0 Å². The molecule has 0 amide bonds. The molecule has 1 heterocycles. The number of aromatic nitrogens is 2. The predicted octanol–water partition coefficient (Wildman–Crippen LogP) is 13.3. The highest BCUT2D eigenvalue weighted by atomic mass is 15.1. The van der Waals surface area contributed by atoms with E-state index < -0.39 is 0 Å². The molecule has 1 rings (SSSR count). The van der Waals surface area contributed by atoms with Crippen molar-refractivity contribution in [3.05, 3.63) is 18.2 Å². The summed E-state index contributed by atoms with van der Waals surface area (Å²) in [5.74, 6) is 2.21. The van der Waals surface area contributed by atoms with Crippen LogP contribution in [-0.4, -0.2) is 4.98 Å². The minimum Gasteiger partial charge on any atom is -0.247 e. The molecule has 2 atom stereocenters. The fourth-order valence-electron chi connectivity index (χ4n) is 6.67. The zero-order valence-electron chi connectivity index (χ0n) is 28.3. The van der Waals surface area contributed by atoms with Crippen LogP contribution in [0, 0.1) is 0 Å². The summed E-state index contributed by atoms with van der Waals surface area (Å²) in [5.41, 5.74) is 0. The highest BCUT2D eigenvalue weighted by Gasteiger charge is 2.24. The number of imidazole rings is 1. The van der Waals surface area contributed by atoms with E-state index in [-0.39, 0.29) is 0 Å². The molecule has 0 bridgehead atoms. The van der Waals surface area contributed by atoms with Crippen molar-refractivity contribution in [2.75, 3.05) is 0 Å². The molecule has 2 heteroatoms. The summed E-state index contributed by atoms with van der Waals surface area (Å²) in [6.07, 6.45) is 45.8. The van der Waals surface area contributed by atoms with E-state index in [9.17, 15) is 0 Å². The molecule has 2 unspecified atom stereocenters. The van der Waals surface area contributed by atoms with Gasteiger partial charge < -0.3 is 0 Å². The van der Waals surface area contributed by atoms with Gasteiger partial charge >= 0.3 is 0 Å².